The lowest BCUT2D eigenvalue weighted by atomic mass is 9.81. The van der Waals surface area contributed by atoms with Crippen molar-refractivity contribution in [2.24, 2.45) is 0 Å². The van der Waals surface area contributed by atoms with Crippen LogP contribution in [0.15, 0.2) is 51.8 Å². The molecule has 2 heterocycles. The Kier molecular flexibility index (Phi) is 4.09. The molecule has 0 unspecified atom stereocenters. The molecule has 1 saturated heterocycles. The molecular weight excluding hydrogens is 420 g/mol. The average molecular weight is 437 g/mol. The van der Waals surface area contributed by atoms with E-state index in [1.807, 2.05) is 6.07 Å². The maximum absolute atomic E-state index is 13.0. The number of amides is 1. The summed E-state index contributed by atoms with van der Waals surface area (Å²) in [5.74, 6) is 0.489. The van der Waals surface area contributed by atoms with Crippen LogP contribution in [0, 0.1) is 0 Å². The van der Waals surface area contributed by atoms with Gasteiger partial charge in [0.25, 0.3) is 0 Å². The van der Waals surface area contributed by atoms with Crippen molar-refractivity contribution in [3.8, 4) is 5.75 Å². The molecule has 2 aromatic carbocycles. The topological polar surface area (TPSA) is 75.7 Å². The van der Waals surface area contributed by atoms with E-state index in [0.717, 1.165) is 15.7 Å². The summed E-state index contributed by atoms with van der Waals surface area (Å²) in [4.78, 5) is 13.0. The fraction of sp³-hybridized carbons (Fsp3) is 0.278. The van der Waals surface area contributed by atoms with Gasteiger partial charge < -0.3 is 10.1 Å². The zero-order valence-electron chi connectivity index (χ0n) is 14.0. The Morgan fingerprint density at radius 1 is 1.19 bits per heavy atom. The number of methoxy groups -OCH3 is 1. The Hall–Kier alpha value is -1.90. The molecule has 1 fully saturated rings. The van der Waals surface area contributed by atoms with Crippen molar-refractivity contribution in [1.29, 1.82) is 0 Å². The minimum Gasteiger partial charge on any atom is -0.497 e. The number of nitrogens with zero attached hydrogens (tertiary/aromatic N) is 1. The van der Waals surface area contributed by atoms with Gasteiger partial charge in [0.2, 0.25) is 15.9 Å². The third kappa shape index (κ3) is 2.55. The minimum atomic E-state index is -3.66. The van der Waals surface area contributed by atoms with Gasteiger partial charge in [0.05, 0.1) is 17.4 Å². The number of hydrogen-bond donors (Lipinski definition) is 1. The van der Waals surface area contributed by atoms with Crippen molar-refractivity contribution in [2.75, 3.05) is 25.5 Å². The zero-order chi connectivity index (χ0) is 18.5. The number of hydrogen-bond acceptors (Lipinski definition) is 4. The molecule has 26 heavy (non-hydrogen) atoms. The average Bonchev–Trinajstić information content (AvgIpc) is 3.19. The summed E-state index contributed by atoms with van der Waals surface area (Å²) in [7, 11) is -2.09. The molecule has 0 radical (unpaired) electrons. The van der Waals surface area contributed by atoms with Crippen LogP contribution in [0.5, 0.6) is 5.75 Å². The van der Waals surface area contributed by atoms with Crippen LogP contribution in [0.4, 0.5) is 5.69 Å². The van der Waals surface area contributed by atoms with Gasteiger partial charge in [0, 0.05) is 23.2 Å². The van der Waals surface area contributed by atoms with Crippen molar-refractivity contribution in [1.82, 2.24) is 4.31 Å². The van der Waals surface area contributed by atoms with Crippen LogP contribution in [0.25, 0.3) is 0 Å². The number of rotatable bonds is 3. The minimum absolute atomic E-state index is 0.122. The Morgan fingerprint density at radius 3 is 2.62 bits per heavy atom. The monoisotopic (exact) mass is 436 g/mol. The zero-order valence-corrected chi connectivity index (χ0v) is 16.4. The first-order valence-corrected chi connectivity index (χ1v) is 10.4. The summed E-state index contributed by atoms with van der Waals surface area (Å²) in [5.41, 5.74) is 0.654. The van der Waals surface area contributed by atoms with E-state index >= 15 is 0 Å². The molecule has 136 valence electrons. The van der Waals surface area contributed by atoms with Crippen molar-refractivity contribution < 1.29 is 17.9 Å². The van der Waals surface area contributed by atoms with Crippen LogP contribution in [-0.2, 0) is 20.2 Å². The predicted octanol–water partition coefficient (Wildman–Crippen LogP) is 2.74. The molecule has 1 amide bonds. The number of anilines is 1. The van der Waals surface area contributed by atoms with Gasteiger partial charge in [0.1, 0.15) is 5.75 Å². The first-order valence-electron chi connectivity index (χ1n) is 8.12. The molecule has 2 aromatic rings. The van der Waals surface area contributed by atoms with E-state index in [1.165, 1.54) is 4.31 Å². The number of carbonyl (C=O) groups is 1. The van der Waals surface area contributed by atoms with E-state index in [1.54, 1.807) is 43.5 Å². The molecule has 2 aliphatic heterocycles. The maximum Gasteiger partial charge on any atom is 0.243 e. The number of ether oxygens (including phenoxy) is 1. The second-order valence-electron chi connectivity index (χ2n) is 6.49. The van der Waals surface area contributed by atoms with E-state index in [4.69, 9.17) is 4.74 Å². The summed E-state index contributed by atoms with van der Waals surface area (Å²) >= 11 is 3.31. The van der Waals surface area contributed by atoms with E-state index in [2.05, 4.69) is 21.2 Å². The summed E-state index contributed by atoms with van der Waals surface area (Å²) < 4.78 is 33.4. The van der Waals surface area contributed by atoms with Crippen molar-refractivity contribution in [2.45, 2.75) is 16.7 Å². The van der Waals surface area contributed by atoms with Gasteiger partial charge in [0.15, 0.2) is 0 Å². The first kappa shape index (κ1) is 17.5. The van der Waals surface area contributed by atoms with Crippen LogP contribution in [0.2, 0.25) is 0 Å². The number of halogens is 1. The standard InChI is InChI=1S/C18H17BrN2O4S/c1-25-13-4-7-16-15(10-13)18(17(22)20-16)8-9-21(11-18)26(23,24)14-5-2-12(19)3-6-14/h2-7,10H,8-9,11H2,1H3,(H,20,22)/t18-/m1/s1. The highest BCUT2D eigenvalue weighted by Gasteiger charge is 2.53. The van der Waals surface area contributed by atoms with Gasteiger partial charge in [-0.05, 0) is 54.4 Å². The second-order valence-corrected chi connectivity index (χ2v) is 9.34. The maximum atomic E-state index is 13.0. The highest BCUT2D eigenvalue weighted by molar-refractivity contribution is 9.10. The Labute approximate surface area is 160 Å². The molecule has 8 heteroatoms. The number of sulfonamides is 1. The first-order chi connectivity index (χ1) is 12.4. The van der Waals surface area contributed by atoms with E-state index in [-0.39, 0.29) is 17.3 Å². The molecule has 0 aliphatic carbocycles. The van der Waals surface area contributed by atoms with Gasteiger partial charge in [-0.3, -0.25) is 4.79 Å². The molecule has 4 rings (SSSR count). The van der Waals surface area contributed by atoms with Crippen LogP contribution in [0.3, 0.4) is 0 Å². The molecule has 2 aliphatic rings. The number of nitrogens with one attached hydrogen (secondary N) is 1. The Morgan fingerprint density at radius 2 is 1.92 bits per heavy atom. The van der Waals surface area contributed by atoms with Crippen molar-refractivity contribution in [3.05, 3.63) is 52.5 Å². The number of benzene rings is 2. The molecule has 1 atom stereocenters. The van der Waals surface area contributed by atoms with E-state index in [0.29, 0.717) is 18.7 Å². The van der Waals surface area contributed by atoms with Gasteiger partial charge >= 0.3 is 0 Å². The molecule has 0 aromatic heterocycles. The van der Waals surface area contributed by atoms with Crippen LogP contribution >= 0.6 is 15.9 Å². The third-order valence-corrected chi connectivity index (χ3v) is 7.50. The van der Waals surface area contributed by atoms with Crippen molar-refractivity contribution in [3.63, 3.8) is 0 Å². The summed E-state index contributed by atoms with van der Waals surface area (Å²) in [6.45, 7) is 0.417. The van der Waals surface area contributed by atoms with Crippen LogP contribution < -0.4 is 10.1 Å². The third-order valence-electron chi connectivity index (χ3n) is 5.11. The molecule has 1 spiro atoms. The smallest absolute Gasteiger partial charge is 0.243 e. The Balaban J connectivity index is 1.71. The molecule has 1 N–H and O–H groups in total. The van der Waals surface area contributed by atoms with Gasteiger partial charge in [-0.1, -0.05) is 15.9 Å². The summed E-state index contributed by atoms with van der Waals surface area (Å²) in [6, 6.07) is 11.9. The lowest BCUT2D eigenvalue weighted by Gasteiger charge is -2.22. The summed E-state index contributed by atoms with van der Waals surface area (Å²) in [6.07, 6.45) is 0.439. The predicted molar refractivity (Wildman–Crippen MR) is 101 cm³/mol. The van der Waals surface area contributed by atoms with Gasteiger partial charge in [-0.25, -0.2) is 8.42 Å². The van der Waals surface area contributed by atoms with Crippen LogP contribution in [-0.4, -0.2) is 38.8 Å². The van der Waals surface area contributed by atoms with Crippen molar-refractivity contribution >= 4 is 37.5 Å². The largest absolute Gasteiger partial charge is 0.497 e. The number of carbonyl (C=O) groups excluding carboxylic acids is 1. The SMILES string of the molecule is COc1ccc2c(c1)[C@]1(CCN(S(=O)(=O)c3ccc(Br)cc3)C1)C(=O)N2. The van der Waals surface area contributed by atoms with Crippen LogP contribution in [0.1, 0.15) is 12.0 Å². The highest BCUT2D eigenvalue weighted by atomic mass is 79.9. The number of fused-ring (bicyclic) bond motifs is 2. The lowest BCUT2D eigenvalue weighted by Crippen LogP contribution is -2.39. The molecule has 6 nitrogen and oxygen atoms in total. The molecule has 0 saturated carbocycles. The molecule has 0 bridgehead atoms. The van der Waals surface area contributed by atoms with Gasteiger partial charge in [-0.15, -0.1) is 0 Å². The second kappa shape index (κ2) is 6.07. The normalized spacial score (nSPS) is 22.5. The summed E-state index contributed by atoms with van der Waals surface area (Å²) in [5, 5.41) is 2.88. The Bertz CT molecular complexity index is 991. The van der Waals surface area contributed by atoms with E-state index < -0.39 is 15.4 Å². The fourth-order valence-electron chi connectivity index (χ4n) is 3.66. The van der Waals surface area contributed by atoms with Gasteiger partial charge in [-0.2, -0.15) is 4.31 Å². The highest BCUT2D eigenvalue weighted by Crippen LogP contribution is 2.46. The van der Waals surface area contributed by atoms with E-state index in [9.17, 15) is 13.2 Å². The quantitative estimate of drug-likeness (QED) is 0.802. The molecular formula is C18H17BrN2O4S. The fourth-order valence-corrected chi connectivity index (χ4v) is 5.42. The lowest BCUT2D eigenvalue weighted by molar-refractivity contribution is -0.120.